The van der Waals surface area contributed by atoms with Crippen molar-refractivity contribution in [2.24, 2.45) is 17.3 Å². The zero-order valence-corrected chi connectivity index (χ0v) is 18.8. The van der Waals surface area contributed by atoms with Gasteiger partial charge in [-0.15, -0.1) is 0 Å². The number of ether oxygens (including phenoxy) is 2. The SMILES string of the molecule is CC1(C)C(C=C(Br)Br)C1C(=O)OCc1cccc(Oc2ccc(Cl)cc2)c1. The molecule has 27 heavy (non-hydrogen) atoms. The average molecular weight is 515 g/mol. The topological polar surface area (TPSA) is 35.5 Å². The Labute approximate surface area is 181 Å². The van der Waals surface area contributed by atoms with E-state index in [1.165, 1.54) is 0 Å². The maximum Gasteiger partial charge on any atom is 0.310 e. The maximum absolute atomic E-state index is 12.5. The number of esters is 1. The van der Waals surface area contributed by atoms with Crippen LogP contribution in [0.4, 0.5) is 0 Å². The van der Waals surface area contributed by atoms with Crippen LogP contribution in [0.15, 0.2) is 58.0 Å². The van der Waals surface area contributed by atoms with E-state index in [4.69, 9.17) is 21.1 Å². The number of hydrogen-bond acceptors (Lipinski definition) is 3. The Hall–Kier alpha value is -1.30. The van der Waals surface area contributed by atoms with E-state index in [0.29, 0.717) is 16.5 Å². The van der Waals surface area contributed by atoms with E-state index in [1.54, 1.807) is 24.3 Å². The highest BCUT2D eigenvalue weighted by Gasteiger charge is 2.61. The Morgan fingerprint density at radius 3 is 2.52 bits per heavy atom. The quantitative estimate of drug-likeness (QED) is 0.387. The molecule has 1 aliphatic carbocycles. The van der Waals surface area contributed by atoms with Crippen LogP contribution in [0.1, 0.15) is 19.4 Å². The molecule has 3 nitrogen and oxygen atoms in total. The van der Waals surface area contributed by atoms with Crippen LogP contribution in [0.3, 0.4) is 0 Å². The average Bonchev–Trinajstić information content (AvgIpc) is 3.14. The third-order valence-corrected chi connectivity index (χ3v) is 5.58. The lowest BCUT2D eigenvalue weighted by atomic mass is 10.1. The molecule has 0 spiro atoms. The third-order valence-electron chi connectivity index (χ3n) is 4.80. The van der Waals surface area contributed by atoms with E-state index >= 15 is 0 Å². The molecule has 2 atom stereocenters. The predicted octanol–water partition coefficient (Wildman–Crippen LogP) is 7.08. The first-order valence-electron chi connectivity index (χ1n) is 8.49. The van der Waals surface area contributed by atoms with Gasteiger partial charge in [-0.2, -0.15) is 0 Å². The summed E-state index contributed by atoms with van der Waals surface area (Å²) in [5.41, 5.74) is 0.783. The summed E-state index contributed by atoms with van der Waals surface area (Å²) < 4.78 is 12.2. The molecule has 2 aromatic rings. The number of hydrogen-bond donors (Lipinski definition) is 0. The van der Waals surface area contributed by atoms with Gasteiger partial charge in [0.25, 0.3) is 0 Å². The molecule has 142 valence electrons. The Morgan fingerprint density at radius 1 is 1.15 bits per heavy atom. The van der Waals surface area contributed by atoms with Crippen molar-refractivity contribution in [1.82, 2.24) is 0 Å². The predicted molar refractivity (Wildman–Crippen MR) is 114 cm³/mol. The minimum absolute atomic E-state index is 0.0938. The number of benzene rings is 2. The van der Waals surface area contributed by atoms with Gasteiger partial charge >= 0.3 is 5.97 Å². The molecular weight excluding hydrogens is 495 g/mol. The van der Waals surface area contributed by atoms with Gasteiger partial charge in [-0.25, -0.2) is 0 Å². The minimum Gasteiger partial charge on any atom is -0.461 e. The highest BCUT2D eigenvalue weighted by atomic mass is 79.9. The smallest absolute Gasteiger partial charge is 0.310 e. The van der Waals surface area contributed by atoms with Crippen LogP contribution in [0.5, 0.6) is 11.5 Å². The fourth-order valence-electron chi connectivity index (χ4n) is 3.16. The van der Waals surface area contributed by atoms with Crippen LogP contribution in [-0.4, -0.2) is 5.97 Å². The zero-order valence-electron chi connectivity index (χ0n) is 14.9. The number of carbonyl (C=O) groups excluding carboxylic acids is 1. The summed E-state index contributed by atoms with van der Waals surface area (Å²) in [5.74, 6) is 1.24. The first kappa shape index (κ1) is 20.4. The van der Waals surface area contributed by atoms with Crippen molar-refractivity contribution in [3.63, 3.8) is 0 Å². The highest BCUT2D eigenvalue weighted by molar-refractivity contribution is 9.28. The van der Waals surface area contributed by atoms with Crippen LogP contribution in [0.2, 0.25) is 5.02 Å². The van der Waals surface area contributed by atoms with Crippen molar-refractivity contribution in [3.05, 3.63) is 68.6 Å². The van der Waals surface area contributed by atoms with Gasteiger partial charge in [-0.05, 0) is 85.2 Å². The first-order valence-corrected chi connectivity index (χ1v) is 10.5. The van der Waals surface area contributed by atoms with Crippen molar-refractivity contribution in [2.45, 2.75) is 20.5 Å². The van der Waals surface area contributed by atoms with Gasteiger partial charge in [0.1, 0.15) is 18.1 Å². The van der Waals surface area contributed by atoms with Gasteiger partial charge < -0.3 is 9.47 Å². The molecule has 1 aliphatic rings. The number of allylic oxidation sites excluding steroid dienone is 1. The molecule has 0 radical (unpaired) electrons. The summed E-state index contributed by atoms with van der Waals surface area (Å²) >= 11 is 12.6. The zero-order chi connectivity index (χ0) is 19.6. The summed E-state index contributed by atoms with van der Waals surface area (Å²) in [6.07, 6.45) is 2.01. The summed E-state index contributed by atoms with van der Waals surface area (Å²) in [4.78, 5) is 12.5. The summed E-state index contributed by atoms with van der Waals surface area (Å²) in [5, 5.41) is 0.658. The molecule has 1 saturated carbocycles. The van der Waals surface area contributed by atoms with E-state index < -0.39 is 0 Å². The number of rotatable bonds is 6. The fraction of sp³-hybridized carbons (Fsp3) is 0.286. The van der Waals surface area contributed by atoms with E-state index in [-0.39, 0.29) is 29.8 Å². The standard InChI is InChI=1S/C21H19Br2ClO3/c1-21(2)17(11-18(22)23)19(21)20(25)26-12-13-4-3-5-16(10-13)27-15-8-6-14(24)7-9-15/h3-11,17,19H,12H2,1-2H3. The van der Waals surface area contributed by atoms with Crippen LogP contribution in [0.25, 0.3) is 0 Å². The normalized spacial score (nSPS) is 19.9. The van der Waals surface area contributed by atoms with Crippen LogP contribution >= 0.6 is 43.5 Å². The lowest BCUT2D eigenvalue weighted by molar-refractivity contribution is -0.147. The van der Waals surface area contributed by atoms with Gasteiger partial charge in [0, 0.05) is 5.02 Å². The fourth-order valence-corrected chi connectivity index (χ4v) is 3.85. The molecule has 0 saturated heterocycles. The van der Waals surface area contributed by atoms with E-state index in [2.05, 4.69) is 45.7 Å². The molecule has 0 heterocycles. The van der Waals surface area contributed by atoms with Crippen LogP contribution < -0.4 is 4.74 Å². The molecule has 0 aliphatic heterocycles. The molecule has 3 rings (SSSR count). The molecule has 1 fully saturated rings. The molecule has 2 aromatic carbocycles. The van der Waals surface area contributed by atoms with E-state index in [0.717, 1.165) is 8.96 Å². The second-order valence-corrected chi connectivity index (χ2v) is 10.3. The Bertz CT molecular complexity index is 858. The van der Waals surface area contributed by atoms with Gasteiger partial charge in [0.15, 0.2) is 0 Å². The van der Waals surface area contributed by atoms with Gasteiger partial charge in [0.2, 0.25) is 0 Å². The number of halogens is 3. The second kappa shape index (κ2) is 8.38. The summed E-state index contributed by atoms with van der Waals surface area (Å²) in [6, 6.07) is 14.7. The van der Waals surface area contributed by atoms with Crippen molar-refractivity contribution in [3.8, 4) is 11.5 Å². The van der Waals surface area contributed by atoms with Crippen molar-refractivity contribution < 1.29 is 14.3 Å². The first-order chi connectivity index (χ1) is 12.8. The molecule has 0 bridgehead atoms. The van der Waals surface area contributed by atoms with Gasteiger partial charge in [-0.3, -0.25) is 4.79 Å². The van der Waals surface area contributed by atoms with Gasteiger partial charge in [-0.1, -0.05) is 43.7 Å². The highest BCUT2D eigenvalue weighted by Crippen LogP contribution is 2.60. The molecule has 2 unspecified atom stereocenters. The molecule has 0 amide bonds. The van der Waals surface area contributed by atoms with Crippen LogP contribution in [0, 0.1) is 17.3 Å². The maximum atomic E-state index is 12.5. The van der Waals surface area contributed by atoms with Gasteiger partial charge in [0.05, 0.1) is 9.31 Å². The second-order valence-electron chi connectivity index (χ2n) is 7.09. The third kappa shape index (κ3) is 5.15. The summed E-state index contributed by atoms with van der Waals surface area (Å²) in [7, 11) is 0. The molecule has 0 N–H and O–H groups in total. The Morgan fingerprint density at radius 2 is 1.85 bits per heavy atom. The monoisotopic (exact) mass is 512 g/mol. The number of carbonyl (C=O) groups is 1. The Kier molecular flexibility index (Phi) is 6.34. The van der Waals surface area contributed by atoms with E-state index in [1.807, 2.05) is 30.3 Å². The van der Waals surface area contributed by atoms with E-state index in [9.17, 15) is 4.79 Å². The van der Waals surface area contributed by atoms with Crippen molar-refractivity contribution in [1.29, 1.82) is 0 Å². The van der Waals surface area contributed by atoms with Crippen molar-refractivity contribution in [2.75, 3.05) is 0 Å². The molecule has 6 heteroatoms. The largest absolute Gasteiger partial charge is 0.461 e. The lowest BCUT2D eigenvalue weighted by Crippen LogP contribution is -2.10. The molecular formula is C21H19Br2ClO3. The Balaban J connectivity index is 1.59. The molecule has 0 aromatic heterocycles. The summed E-state index contributed by atoms with van der Waals surface area (Å²) in [6.45, 7) is 4.36. The van der Waals surface area contributed by atoms with Crippen molar-refractivity contribution >= 4 is 49.4 Å². The van der Waals surface area contributed by atoms with Crippen LogP contribution in [-0.2, 0) is 16.1 Å². The lowest BCUT2D eigenvalue weighted by Gasteiger charge is -2.09. The minimum atomic E-state index is -0.175.